The van der Waals surface area contributed by atoms with Crippen LogP contribution in [0, 0.1) is 11.8 Å². The number of carbonyl (C=O) groups is 3. The Hall–Kier alpha value is -2.57. The summed E-state index contributed by atoms with van der Waals surface area (Å²) in [4.78, 5) is 37.9. The van der Waals surface area contributed by atoms with Gasteiger partial charge < -0.3 is 20.3 Å². The highest BCUT2D eigenvalue weighted by atomic mass is 16.6. The van der Waals surface area contributed by atoms with Crippen LogP contribution in [0.25, 0.3) is 0 Å². The van der Waals surface area contributed by atoms with E-state index in [-0.39, 0.29) is 35.8 Å². The molecule has 3 amide bonds. The van der Waals surface area contributed by atoms with Crippen LogP contribution in [-0.2, 0) is 14.3 Å². The Bertz CT molecular complexity index is 656. The van der Waals surface area contributed by atoms with Crippen LogP contribution in [0.5, 0.6) is 0 Å². The van der Waals surface area contributed by atoms with Gasteiger partial charge >= 0.3 is 6.09 Å². The standard InChI is InChI=1S/C19H25N3O4/c1-2-26-19(25)22-10-8-14(9-11-22)21-18(24)16-12-15(16)17(23)20-13-6-4-3-5-7-13/h3-7,14-16H,2,8-12H2,1H3,(H,20,23)(H,21,24). The molecule has 2 atom stereocenters. The fourth-order valence-corrected chi connectivity index (χ4v) is 3.26. The van der Waals surface area contributed by atoms with Gasteiger partial charge in [0, 0.05) is 24.8 Å². The number of piperidine rings is 1. The minimum atomic E-state index is -0.294. The predicted octanol–water partition coefficient (Wildman–Crippen LogP) is 2.00. The van der Waals surface area contributed by atoms with Crippen LogP contribution in [0.15, 0.2) is 30.3 Å². The van der Waals surface area contributed by atoms with Crippen LogP contribution in [-0.4, -0.2) is 48.5 Å². The number of benzene rings is 1. The van der Waals surface area contributed by atoms with Crippen LogP contribution in [0.1, 0.15) is 26.2 Å². The molecule has 1 saturated carbocycles. The molecule has 2 N–H and O–H groups in total. The molecule has 1 aromatic carbocycles. The van der Waals surface area contributed by atoms with Crippen molar-refractivity contribution in [2.75, 3.05) is 25.0 Å². The SMILES string of the molecule is CCOC(=O)N1CCC(NC(=O)C2CC2C(=O)Nc2ccccc2)CC1. The normalized spacial score (nSPS) is 22.4. The minimum Gasteiger partial charge on any atom is -0.450 e. The molecule has 0 aromatic heterocycles. The van der Waals surface area contributed by atoms with E-state index in [1.165, 1.54) is 0 Å². The summed E-state index contributed by atoms with van der Waals surface area (Å²) < 4.78 is 4.99. The van der Waals surface area contributed by atoms with Gasteiger partial charge in [-0.2, -0.15) is 0 Å². The topological polar surface area (TPSA) is 87.7 Å². The molecule has 1 saturated heterocycles. The maximum Gasteiger partial charge on any atom is 0.409 e. The van der Waals surface area contributed by atoms with Crippen molar-refractivity contribution in [1.29, 1.82) is 0 Å². The molecule has 2 fully saturated rings. The molecule has 1 aliphatic carbocycles. The zero-order valence-corrected chi connectivity index (χ0v) is 14.9. The quantitative estimate of drug-likeness (QED) is 0.842. The summed E-state index contributed by atoms with van der Waals surface area (Å²) in [6, 6.07) is 9.30. The number of rotatable bonds is 5. The predicted molar refractivity (Wildman–Crippen MR) is 96.4 cm³/mol. The molecule has 2 aliphatic rings. The zero-order chi connectivity index (χ0) is 18.5. The van der Waals surface area contributed by atoms with E-state index in [4.69, 9.17) is 4.74 Å². The molecule has 7 nitrogen and oxygen atoms in total. The van der Waals surface area contributed by atoms with Gasteiger partial charge in [-0.25, -0.2) is 4.79 Å². The van der Waals surface area contributed by atoms with E-state index in [2.05, 4.69) is 10.6 Å². The summed E-state index contributed by atoms with van der Waals surface area (Å²) in [5.41, 5.74) is 0.745. The highest BCUT2D eigenvalue weighted by Gasteiger charge is 2.48. The Morgan fingerprint density at radius 1 is 1.08 bits per heavy atom. The third kappa shape index (κ3) is 4.53. The number of anilines is 1. The monoisotopic (exact) mass is 359 g/mol. The second-order valence-corrected chi connectivity index (χ2v) is 6.77. The molecular weight excluding hydrogens is 334 g/mol. The molecule has 140 valence electrons. The Kier molecular flexibility index (Phi) is 5.75. The smallest absolute Gasteiger partial charge is 0.409 e. The van der Waals surface area contributed by atoms with E-state index >= 15 is 0 Å². The van der Waals surface area contributed by atoms with Crippen LogP contribution in [0.3, 0.4) is 0 Å². The van der Waals surface area contributed by atoms with Gasteiger partial charge in [0.25, 0.3) is 0 Å². The molecule has 0 bridgehead atoms. The van der Waals surface area contributed by atoms with E-state index in [0.717, 1.165) is 5.69 Å². The van der Waals surface area contributed by atoms with Gasteiger partial charge in [-0.3, -0.25) is 9.59 Å². The Morgan fingerprint density at radius 2 is 1.73 bits per heavy atom. The average molecular weight is 359 g/mol. The zero-order valence-electron chi connectivity index (χ0n) is 14.9. The molecular formula is C19H25N3O4. The number of para-hydroxylation sites is 1. The van der Waals surface area contributed by atoms with Crippen LogP contribution < -0.4 is 10.6 Å². The van der Waals surface area contributed by atoms with Crippen molar-refractivity contribution in [3.05, 3.63) is 30.3 Å². The van der Waals surface area contributed by atoms with Crippen molar-refractivity contribution in [3.8, 4) is 0 Å². The molecule has 0 spiro atoms. The highest BCUT2D eigenvalue weighted by molar-refractivity contribution is 5.99. The fourth-order valence-electron chi connectivity index (χ4n) is 3.26. The lowest BCUT2D eigenvalue weighted by molar-refractivity contribution is -0.126. The van der Waals surface area contributed by atoms with E-state index in [1.807, 2.05) is 30.3 Å². The lowest BCUT2D eigenvalue weighted by Crippen LogP contribution is -2.47. The maximum atomic E-state index is 12.4. The van der Waals surface area contributed by atoms with Crippen molar-refractivity contribution in [2.45, 2.75) is 32.2 Å². The van der Waals surface area contributed by atoms with Crippen molar-refractivity contribution >= 4 is 23.6 Å². The van der Waals surface area contributed by atoms with E-state index in [0.29, 0.717) is 39.0 Å². The van der Waals surface area contributed by atoms with Crippen LogP contribution in [0.4, 0.5) is 10.5 Å². The lowest BCUT2D eigenvalue weighted by atomic mass is 10.1. The van der Waals surface area contributed by atoms with E-state index in [1.54, 1.807) is 11.8 Å². The van der Waals surface area contributed by atoms with E-state index < -0.39 is 0 Å². The van der Waals surface area contributed by atoms with Crippen LogP contribution >= 0.6 is 0 Å². The number of nitrogens with one attached hydrogen (secondary N) is 2. The largest absolute Gasteiger partial charge is 0.450 e. The first-order valence-electron chi connectivity index (χ1n) is 9.16. The first kappa shape index (κ1) is 18.2. The van der Waals surface area contributed by atoms with Crippen molar-refractivity contribution < 1.29 is 19.1 Å². The molecule has 26 heavy (non-hydrogen) atoms. The second kappa shape index (κ2) is 8.21. The van der Waals surface area contributed by atoms with Gasteiger partial charge in [0.05, 0.1) is 18.4 Å². The molecule has 1 heterocycles. The van der Waals surface area contributed by atoms with Crippen LogP contribution in [0.2, 0.25) is 0 Å². The van der Waals surface area contributed by atoms with Gasteiger partial charge in [-0.1, -0.05) is 18.2 Å². The first-order chi connectivity index (χ1) is 12.6. The average Bonchev–Trinajstić information content (AvgIpc) is 3.44. The number of likely N-dealkylation sites (tertiary alicyclic amines) is 1. The third-order valence-corrected chi connectivity index (χ3v) is 4.87. The van der Waals surface area contributed by atoms with E-state index in [9.17, 15) is 14.4 Å². The summed E-state index contributed by atoms with van der Waals surface area (Å²) in [7, 11) is 0. The molecule has 3 rings (SSSR count). The summed E-state index contributed by atoms with van der Waals surface area (Å²) in [5.74, 6) is -0.669. The Balaban J connectivity index is 1.40. The second-order valence-electron chi connectivity index (χ2n) is 6.77. The number of ether oxygens (including phenoxy) is 1. The molecule has 2 unspecified atom stereocenters. The summed E-state index contributed by atoms with van der Waals surface area (Å²) in [6.45, 7) is 3.30. The lowest BCUT2D eigenvalue weighted by Gasteiger charge is -2.31. The molecule has 0 radical (unpaired) electrons. The van der Waals surface area contributed by atoms with Crippen molar-refractivity contribution in [2.24, 2.45) is 11.8 Å². The number of carbonyl (C=O) groups excluding carboxylic acids is 3. The highest BCUT2D eigenvalue weighted by Crippen LogP contribution is 2.39. The summed E-state index contributed by atoms with van der Waals surface area (Å²) >= 11 is 0. The Labute approximate surface area is 153 Å². The van der Waals surface area contributed by atoms with Gasteiger partial charge in [-0.15, -0.1) is 0 Å². The summed E-state index contributed by atoms with van der Waals surface area (Å²) in [6.07, 6.45) is 1.71. The molecule has 1 aliphatic heterocycles. The van der Waals surface area contributed by atoms with Gasteiger partial charge in [0.15, 0.2) is 0 Å². The summed E-state index contributed by atoms with van der Waals surface area (Å²) in [5, 5.41) is 5.87. The van der Waals surface area contributed by atoms with Gasteiger partial charge in [-0.05, 0) is 38.3 Å². The first-order valence-corrected chi connectivity index (χ1v) is 9.16. The Morgan fingerprint density at radius 3 is 2.38 bits per heavy atom. The minimum absolute atomic E-state index is 0.0478. The third-order valence-electron chi connectivity index (χ3n) is 4.87. The van der Waals surface area contributed by atoms with Gasteiger partial charge in [0.2, 0.25) is 11.8 Å². The molecule has 1 aromatic rings. The number of hydrogen-bond acceptors (Lipinski definition) is 4. The maximum absolute atomic E-state index is 12.4. The fraction of sp³-hybridized carbons (Fsp3) is 0.526. The number of amides is 3. The number of nitrogens with zero attached hydrogens (tertiary/aromatic N) is 1. The number of hydrogen-bond donors (Lipinski definition) is 2. The van der Waals surface area contributed by atoms with Crippen molar-refractivity contribution in [3.63, 3.8) is 0 Å². The van der Waals surface area contributed by atoms with Crippen molar-refractivity contribution in [1.82, 2.24) is 10.2 Å². The van der Waals surface area contributed by atoms with Gasteiger partial charge in [0.1, 0.15) is 0 Å². The molecule has 7 heteroatoms.